The van der Waals surface area contributed by atoms with Gasteiger partial charge in [-0.1, -0.05) is 96.3 Å². The number of rotatable bonds is 5. The lowest BCUT2D eigenvalue weighted by atomic mass is 9.56. The molecule has 214 valence electrons. The Morgan fingerprint density at radius 2 is 0.892 bits per heavy atom. The normalized spacial score (nSPS) is 41.4. The molecule has 0 aromatic rings. The van der Waals surface area contributed by atoms with Crippen LogP contribution in [-0.4, -0.2) is 35.1 Å². The molecule has 37 heavy (non-hydrogen) atoms. The van der Waals surface area contributed by atoms with Gasteiger partial charge in [-0.2, -0.15) is 0 Å². The molecule has 0 bridgehead atoms. The standard InChI is InChI=1S/C31H54O2.C3H6O/c32-29-18-16-25(20-27(29)22-10-4-1-5-11-22)31(24-14-8-3-9-15-24)26-17-19-30(33)28(21-26)23-12-6-2-7-13-23;1-3-2-4-3/h22-33H,1-21H2;3H,2H2,1H3. The van der Waals surface area contributed by atoms with Gasteiger partial charge in [-0.05, 0) is 92.8 Å². The molecule has 5 aliphatic carbocycles. The van der Waals surface area contributed by atoms with Crippen molar-refractivity contribution in [1.29, 1.82) is 0 Å². The van der Waals surface area contributed by atoms with Crippen molar-refractivity contribution in [2.75, 3.05) is 6.61 Å². The maximum Gasteiger partial charge on any atom is 0.0781 e. The van der Waals surface area contributed by atoms with Gasteiger partial charge >= 0.3 is 0 Å². The number of aliphatic hydroxyl groups excluding tert-OH is 2. The summed E-state index contributed by atoms with van der Waals surface area (Å²) in [5.74, 6) is 6.25. The number of hydrogen-bond donors (Lipinski definition) is 2. The van der Waals surface area contributed by atoms with E-state index in [1.807, 2.05) is 0 Å². The average molecular weight is 517 g/mol. The molecule has 6 rings (SSSR count). The van der Waals surface area contributed by atoms with E-state index in [1.54, 1.807) is 0 Å². The van der Waals surface area contributed by atoms with Crippen LogP contribution in [0.4, 0.5) is 0 Å². The molecule has 2 N–H and O–H groups in total. The van der Waals surface area contributed by atoms with Crippen LogP contribution in [0.25, 0.3) is 0 Å². The van der Waals surface area contributed by atoms with E-state index in [2.05, 4.69) is 6.92 Å². The predicted molar refractivity (Wildman–Crippen MR) is 152 cm³/mol. The first kappa shape index (κ1) is 28.4. The molecule has 7 atom stereocenters. The largest absolute Gasteiger partial charge is 0.393 e. The third-order valence-electron chi connectivity index (χ3n) is 12.1. The van der Waals surface area contributed by atoms with Crippen molar-refractivity contribution in [1.82, 2.24) is 0 Å². The lowest BCUT2D eigenvalue weighted by Gasteiger charge is -2.50. The third-order valence-corrected chi connectivity index (χ3v) is 12.1. The van der Waals surface area contributed by atoms with Gasteiger partial charge in [0.15, 0.2) is 0 Å². The van der Waals surface area contributed by atoms with Crippen molar-refractivity contribution in [3.05, 3.63) is 0 Å². The van der Waals surface area contributed by atoms with Gasteiger partial charge in [0.1, 0.15) is 0 Å². The Morgan fingerprint density at radius 3 is 1.27 bits per heavy atom. The zero-order chi connectivity index (χ0) is 25.6. The molecular weight excluding hydrogens is 456 g/mol. The summed E-state index contributed by atoms with van der Waals surface area (Å²) in [5.41, 5.74) is 0. The highest BCUT2D eigenvalue weighted by Gasteiger charge is 2.45. The molecule has 0 aromatic heterocycles. The Hall–Kier alpha value is -0.120. The zero-order valence-corrected chi connectivity index (χ0v) is 24.2. The molecule has 0 spiro atoms. The second kappa shape index (κ2) is 14.0. The molecule has 5 saturated carbocycles. The van der Waals surface area contributed by atoms with Gasteiger partial charge in [0.05, 0.1) is 24.9 Å². The minimum absolute atomic E-state index is 0.0282. The van der Waals surface area contributed by atoms with E-state index in [1.165, 1.54) is 122 Å². The Balaban J connectivity index is 0.000000640. The summed E-state index contributed by atoms with van der Waals surface area (Å²) in [6.45, 7) is 3.04. The molecule has 1 heterocycles. The fourth-order valence-corrected chi connectivity index (χ4v) is 10.1. The molecule has 0 aromatic carbocycles. The average Bonchev–Trinajstić information content (AvgIpc) is 3.74. The van der Waals surface area contributed by atoms with Crippen LogP contribution in [0.1, 0.15) is 142 Å². The summed E-state index contributed by atoms with van der Waals surface area (Å²) in [6.07, 6.45) is 29.1. The molecular formula is C34H60O3. The van der Waals surface area contributed by atoms with E-state index in [0.29, 0.717) is 17.9 Å². The number of ether oxygens (including phenoxy) is 1. The first-order chi connectivity index (χ1) is 18.1. The lowest BCUT2D eigenvalue weighted by Crippen LogP contribution is -2.44. The van der Waals surface area contributed by atoms with Gasteiger partial charge in [0, 0.05) is 0 Å². The Bertz CT molecular complexity index is 601. The first-order valence-electron chi connectivity index (χ1n) is 17.1. The fraction of sp³-hybridized carbons (Fsp3) is 1.00. The molecule has 0 radical (unpaired) electrons. The Morgan fingerprint density at radius 1 is 0.514 bits per heavy atom. The highest BCUT2D eigenvalue weighted by molar-refractivity contribution is 4.96. The van der Waals surface area contributed by atoms with E-state index >= 15 is 0 Å². The van der Waals surface area contributed by atoms with Crippen LogP contribution in [0.5, 0.6) is 0 Å². The summed E-state index contributed by atoms with van der Waals surface area (Å²) in [7, 11) is 0. The maximum atomic E-state index is 11.1. The number of epoxide rings is 1. The van der Waals surface area contributed by atoms with Crippen LogP contribution >= 0.6 is 0 Å². The minimum Gasteiger partial charge on any atom is -0.393 e. The van der Waals surface area contributed by atoms with Crippen molar-refractivity contribution < 1.29 is 14.9 Å². The van der Waals surface area contributed by atoms with E-state index in [0.717, 1.165) is 55.0 Å². The van der Waals surface area contributed by atoms with Gasteiger partial charge in [0.25, 0.3) is 0 Å². The summed E-state index contributed by atoms with van der Waals surface area (Å²) in [5, 5.41) is 22.1. The first-order valence-corrected chi connectivity index (χ1v) is 17.1. The minimum atomic E-state index is -0.0282. The lowest BCUT2D eigenvalue weighted by molar-refractivity contribution is -0.0538. The molecule has 6 aliphatic rings. The highest BCUT2D eigenvalue weighted by atomic mass is 16.6. The molecule has 1 aliphatic heterocycles. The van der Waals surface area contributed by atoms with Crippen LogP contribution in [0, 0.1) is 47.3 Å². The summed E-state index contributed by atoms with van der Waals surface area (Å²) < 4.78 is 4.71. The number of hydrogen-bond acceptors (Lipinski definition) is 3. The molecule has 3 nitrogen and oxygen atoms in total. The smallest absolute Gasteiger partial charge is 0.0781 e. The van der Waals surface area contributed by atoms with Gasteiger partial charge in [0.2, 0.25) is 0 Å². The van der Waals surface area contributed by atoms with Crippen molar-refractivity contribution in [3.63, 3.8) is 0 Å². The second-order valence-electron chi connectivity index (χ2n) is 14.5. The van der Waals surface area contributed by atoms with Crippen LogP contribution in [0.2, 0.25) is 0 Å². The van der Waals surface area contributed by atoms with Crippen LogP contribution in [-0.2, 0) is 4.74 Å². The molecule has 6 fully saturated rings. The third kappa shape index (κ3) is 7.75. The summed E-state index contributed by atoms with van der Waals surface area (Å²) in [4.78, 5) is 0. The van der Waals surface area contributed by atoms with Gasteiger partial charge in [-0.25, -0.2) is 0 Å². The van der Waals surface area contributed by atoms with Crippen LogP contribution in [0.15, 0.2) is 0 Å². The maximum absolute atomic E-state index is 11.1. The van der Waals surface area contributed by atoms with Crippen molar-refractivity contribution in [2.24, 2.45) is 47.3 Å². The van der Waals surface area contributed by atoms with Crippen molar-refractivity contribution in [2.45, 2.75) is 160 Å². The second-order valence-corrected chi connectivity index (χ2v) is 14.5. The number of aliphatic hydroxyl groups is 2. The Kier molecular flexibility index (Phi) is 10.7. The molecule has 3 heteroatoms. The van der Waals surface area contributed by atoms with E-state index in [4.69, 9.17) is 4.74 Å². The van der Waals surface area contributed by atoms with Gasteiger partial charge in [-0.3, -0.25) is 0 Å². The fourth-order valence-electron chi connectivity index (χ4n) is 10.1. The zero-order valence-electron chi connectivity index (χ0n) is 24.2. The van der Waals surface area contributed by atoms with Crippen molar-refractivity contribution in [3.8, 4) is 0 Å². The summed E-state index contributed by atoms with van der Waals surface area (Å²) in [6, 6.07) is 0. The van der Waals surface area contributed by atoms with Crippen LogP contribution in [0.3, 0.4) is 0 Å². The van der Waals surface area contributed by atoms with Gasteiger partial charge < -0.3 is 14.9 Å². The predicted octanol–water partition coefficient (Wildman–Crippen LogP) is 8.30. The van der Waals surface area contributed by atoms with Gasteiger partial charge in [-0.15, -0.1) is 0 Å². The monoisotopic (exact) mass is 516 g/mol. The van der Waals surface area contributed by atoms with Crippen LogP contribution < -0.4 is 0 Å². The van der Waals surface area contributed by atoms with E-state index in [-0.39, 0.29) is 12.2 Å². The molecule has 7 unspecified atom stereocenters. The molecule has 1 saturated heterocycles. The van der Waals surface area contributed by atoms with E-state index in [9.17, 15) is 10.2 Å². The topological polar surface area (TPSA) is 53.0 Å². The quantitative estimate of drug-likeness (QED) is 0.361. The highest BCUT2D eigenvalue weighted by Crippen LogP contribution is 2.52. The van der Waals surface area contributed by atoms with E-state index < -0.39 is 0 Å². The molecule has 0 amide bonds. The SMILES string of the molecule is CC1CO1.OC1CCC(C(C2CCCCC2)C2CCC(O)C(C3CCCCC3)C2)CC1C1CCCCC1. The Labute approximate surface area is 228 Å². The summed E-state index contributed by atoms with van der Waals surface area (Å²) >= 11 is 0. The van der Waals surface area contributed by atoms with Crippen molar-refractivity contribution >= 4 is 0 Å².